The smallest absolute Gasteiger partial charge is 0.319 e. The first kappa shape index (κ1) is 17.8. The van der Waals surface area contributed by atoms with Crippen molar-refractivity contribution in [3.05, 3.63) is 36.7 Å². The largest absolute Gasteiger partial charge is 0.373 e. The fraction of sp³-hybridized carbons (Fsp3) is 0.375. The highest BCUT2D eigenvalue weighted by Gasteiger charge is 2.22. The molecule has 1 aromatic heterocycles. The average molecular weight is 362 g/mol. The van der Waals surface area contributed by atoms with Crippen molar-refractivity contribution in [3.63, 3.8) is 0 Å². The molecule has 2 N–H and O–H groups in total. The Morgan fingerprint density at radius 3 is 2.85 bits per heavy atom. The van der Waals surface area contributed by atoms with Gasteiger partial charge >= 0.3 is 6.03 Å². The second-order valence-electron chi connectivity index (χ2n) is 5.83. The summed E-state index contributed by atoms with van der Waals surface area (Å²) in [6.45, 7) is 3.08. The van der Waals surface area contributed by atoms with Crippen molar-refractivity contribution in [2.75, 3.05) is 31.6 Å². The van der Waals surface area contributed by atoms with Gasteiger partial charge in [0.1, 0.15) is 18.5 Å². The van der Waals surface area contributed by atoms with Crippen molar-refractivity contribution >= 4 is 17.6 Å². The van der Waals surface area contributed by atoms with Gasteiger partial charge in [-0.3, -0.25) is 9.36 Å². The number of hydrogen-bond acceptors (Lipinski definition) is 5. The van der Waals surface area contributed by atoms with E-state index in [1.807, 2.05) is 0 Å². The van der Waals surface area contributed by atoms with Gasteiger partial charge in [0.25, 0.3) is 0 Å². The van der Waals surface area contributed by atoms with Gasteiger partial charge in [-0.05, 0) is 18.2 Å². The van der Waals surface area contributed by atoms with Gasteiger partial charge in [-0.25, -0.2) is 9.18 Å². The van der Waals surface area contributed by atoms with Crippen molar-refractivity contribution < 1.29 is 18.7 Å². The fourth-order valence-corrected chi connectivity index (χ4v) is 2.61. The molecule has 0 radical (unpaired) electrons. The van der Waals surface area contributed by atoms with Crippen LogP contribution in [0.25, 0.3) is 5.69 Å². The molecule has 2 heterocycles. The van der Waals surface area contributed by atoms with Crippen LogP contribution >= 0.6 is 0 Å². The summed E-state index contributed by atoms with van der Waals surface area (Å²) in [6.07, 6.45) is 2.64. The van der Waals surface area contributed by atoms with E-state index in [1.54, 1.807) is 15.5 Å². The van der Waals surface area contributed by atoms with Crippen LogP contribution in [0.1, 0.15) is 6.92 Å². The Morgan fingerprint density at radius 2 is 2.12 bits per heavy atom. The van der Waals surface area contributed by atoms with Gasteiger partial charge in [-0.1, -0.05) is 0 Å². The van der Waals surface area contributed by atoms with Crippen molar-refractivity contribution in [1.82, 2.24) is 25.0 Å². The predicted octanol–water partition coefficient (Wildman–Crippen LogP) is 0.775. The van der Waals surface area contributed by atoms with E-state index in [-0.39, 0.29) is 24.2 Å². The molecule has 3 rings (SSSR count). The molecule has 9 nitrogen and oxygen atoms in total. The van der Waals surface area contributed by atoms with Crippen LogP contribution in [0.4, 0.5) is 14.9 Å². The second kappa shape index (κ2) is 7.91. The molecule has 0 spiro atoms. The molecule has 0 bridgehead atoms. The minimum absolute atomic E-state index is 0.0311. The standard InChI is InChI=1S/C16H19FN6O3/c1-11(24)22-4-5-26-13(8-22)7-18-16(25)21-15-6-12(2-3-14(15)17)23-9-19-20-10-23/h2-3,6,9-10,13H,4-5,7-8H2,1H3,(H2,18,21,25). The van der Waals surface area contributed by atoms with E-state index in [9.17, 15) is 14.0 Å². The number of morpholine rings is 1. The van der Waals surface area contributed by atoms with Crippen LogP contribution in [-0.2, 0) is 9.53 Å². The lowest BCUT2D eigenvalue weighted by molar-refractivity contribution is -0.136. The Bertz CT molecular complexity index is 782. The van der Waals surface area contributed by atoms with E-state index in [0.717, 1.165) is 0 Å². The number of anilines is 1. The molecular formula is C16H19FN6O3. The van der Waals surface area contributed by atoms with Crippen LogP contribution in [0.3, 0.4) is 0 Å². The van der Waals surface area contributed by atoms with Crippen LogP contribution in [0, 0.1) is 5.82 Å². The molecule has 1 aromatic carbocycles. The van der Waals surface area contributed by atoms with E-state index in [0.29, 0.717) is 25.4 Å². The maximum absolute atomic E-state index is 14.0. The summed E-state index contributed by atoms with van der Waals surface area (Å²) in [5.41, 5.74) is 0.642. The molecule has 1 atom stereocenters. The number of halogens is 1. The minimum atomic E-state index is -0.562. The topological polar surface area (TPSA) is 101 Å². The summed E-state index contributed by atoms with van der Waals surface area (Å²) in [4.78, 5) is 25.1. The van der Waals surface area contributed by atoms with Crippen LogP contribution in [0.5, 0.6) is 0 Å². The van der Waals surface area contributed by atoms with Gasteiger partial charge in [0, 0.05) is 26.6 Å². The first-order valence-corrected chi connectivity index (χ1v) is 8.09. The van der Waals surface area contributed by atoms with Crippen molar-refractivity contribution in [2.24, 2.45) is 0 Å². The third-order valence-electron chi connectivity index (χ3n) is 3.99. The Hall–Kier alpha value is -3.01. The maximum atomic E-state index is 14.0. The number of carbonyl (C=O) groups is 2. The summed E-state index contributed by atoms with van der Waals surface area (Å²) in [5, 5.41) is 12.5. The molecular weight excluding hydrogens is 343 g/mol. The quantitative estimate of drug-likeness (QED) is 0.837. The molecule has 1 aliphatic heterocycles. The third kappa shape index (κ3) is 4.33. The molecule has 3 amide bonds. The van der Waals surface area contributed by atoms with Crippen molar-refractivity contribution in [1.29, 1.82) is 0 Å². The summed E-state index contributed by atoms with van der Waals surface area (Å²) in [7, 11) is 0. The van der Waals surface area contributed by atoms with E-state index >= 15 is 0 Å². The molecule has 2 aromatic rings. The van der Waals surface area contributed by atoms with Crippen molar-refractivity contribution in [2.45, 2.75) is 13.0 Å². The van der Waals surface area contributed by atoms with Gasteiger partial charge in [0.2, 0.25) is 5.91 Å². The molecule has 26 heavy (non-hydrogen) atoms. The molecule has 1 saturated heterocycles. The number of nitrogens with one attached hydrogen (secondary N) is 2. The number of hydrogen-bond donors (Lipinski definition) is 2. The highest BCUT2D eigenvalue weighted by atomic mass is 19.1. The second-order valence-corrected chi connectivity index (χ2v) is 5.83. The highest BCUT2D eigenvalue weighted by Crippen LogP contribution is 2.18. The molecule has 1 aliphatic rings. The lowest BCUT2D eigenvalue weighted by atomic mass is 10.2. The average Bonchev–Trinajstić information content (AvgIpc) is 3.17. The summed E-state index contributed by atoms with van der Waals surface area (Å²) in [5.74, 6) is -0.593. The number of benzene rings is 1. The normalized spacial score (nSPS) is 17.0. The van der Waals surface area contributed by atoms with Crippen LogP contribution in [-0.4, -0.2) is 63.9 Å². The summed E-state index contributed by atoms with van der Waals surface area (Å²) < 4.78 is 21.1. The number of nitrogens with zero attached hydrogens (tertiary/aromatic N) is 4. The van der Waals surface area contributed by atoms with E-state index in [1.165, 1.54) is 31.7 Å². The van der Waals surface area contributed by atoms with Gasteiger partial charge in [-0.15, -0.1) is 10.2 Å². The third-order valence-corrected chi connectivity index (χ3v) is 3.99. The predicted molar refractivity (Wildman–Crippen MR) is 90.3 cm³/mol. The Kier molecular flexibility index (Phi) is 5.42. The number of amides is 3. The zero-order valence-corrected chi connectivity index (χ0v) is 14.2. The molecule has 0 aliphatic carbocycles. The van der Waals surface area contributed by atoms with Crippen LogP contribution in [0.15, 0.2) is 30.9 Å². The molecule has 1 unspecified atom stereocenters. The first-order chi connectivity index (χ1) is 12.5. The monoisotopic (exact) mass is 362 g/mol. The van der Waals surface area contributed by atoms with Gasteiger partial charge in [0.05, 0.1) is 24.1 Å². The van der Waals surface area contributed by atoms with Crippen molar-refractivity contribution in [3.8, 4) is 5.69 Å². The van der Waals surface area contributed by atoms with E-state index in [2.05, 4.69) is 20.8 Å². The Labute approximate surface area is 149 Å². The Morgan fingerprint density at radius 1 is 1.35 bits per heavy atom. The molecule has 1 fully saturated rings. The number of ether oxygens (including phenoxy) is 1. The summed E-state index contributed by atoms with van der Waals surface area (Å²) in [6, 6.07) is 3.72. The van der Waals surface area contributed by atoms with Crippen LogP contribution < -0.4 is 10.6 Å². The number of rotatable bonds is 4. The maximum Gasteiger partial charge on any atom is 0.319 e. The zero-order chi connectivity index (χ0) is 18.5. The molecule has 10 heteroatoms. The van der Waals surface area contributed by atoms with Gasteiger partial charge < -0.3 is 20.3 Å². The van der Waals surface area contributed by atoms with Crippen LogP contribution in [0.2, 0.25) is 0 Å². The fourth-order valence-electron chi connectivity index (χ4n) is 2.61. The molecule has 138 valence electrons. The van der Waals surface area contributed by atoms with E-state index in [4.69, 9.17) is 4.74 Å². The zero-order valence-electron chi connectivity index (χ0n) is 14.2. The Balaban J connectivity index is 1.56. The lowest BCUT2D eigenvalue weighted by Gasteiger charge is -2.32. The number of carbonyl (C=O) groups excluding carboxylic acids is 2. The van der Waals surface area contributed by atoms with Gasteiger partial charge in [0.15, 0.2) is 0 Å². The SMILES string of the molecule is CC(=O)N1CCOC(CNC(=O)Nc2cc(-n3cnnc3)ccc2F)C1. The first-order valence-electron chi connectivity index (χ1n) is 8.09. The minimum Gasteiger partial charge on any atom is -0.373 e. The highest BCUT2D eigenvalue weighted by molar-refractivity contribution is 5.89. The lowest BCUT2D eigenvalue weighted by Crippen LogP contribution is -2.49. The van der Waals surface area contributed by atoms with E-state index < -0.39 is 11.8 Å². The van der Waals surface area contributed by atoms with Gasteiger partial charge in [-0.2, -0.15) is 0 Å². The number of aromatic nitrogens is 3. The molecule has 0 saturated carbocycles. The summed E-state index contributed by atoms with van der Waals surface area (Å²) >= 11 is 0. The number of urea groups is 1.